The Morgan fingerprint density at radius 2 is 1.72 bits per heavy atom. The monoisotopic (exact) mass is 269 g/mol. The molecule has 0 aliphatic carbocycles. The van der Waals surface area contributed by atoms with Gasteiger partial charge in [0.1, 0.15) is 0 Å². The Morgan fingerprint density at radius 3 is 2.50 bits per heavy atom. The predicted octanol–water partition coefficient (Wildman–Crippen LogP) is 5.06. The molecule has 0 saturated carbocycles. The van der Waals surface area contributed by atoms with Gasteiger partial charge in [0.05, 0.1) is 10.2 Å². The number of fused-ring (bicyclic) bond motifs is 1. The number of thioether (sulfide) groups is 1. The maximum atomic E-state index is 4.60. The number of nitrogens with zero attached hydrogens (tertiary/aromatic N) is 1. The van der Waals surface area contributed by atoms with Crippen molar-refractivity contribution in [2.45, 2.75) is 4.34 Å². The van der Waals surface area contributed by atoms with Gasteiger partial charge >= 0.3 is 0 Å². The number of aromatic nitrogens is 1. The van der Waals surface area contributed by atoms with E-state index in [-0.39, 0.29) is 0 Å². The number of thiazole rings is 1. The van der Waals surface area contributed by atoms with Crippen molar-refractivity contribution >= 4 is 38.2 Å². The van der Waals surface area contributed by atoms with Crippen molar-refractivity contribution in [2.75, 3.05) is 0 Å². The van der Waals surface area contributed by atoms with Crippen molar-refractivity contribution in [1.82, 2.24) is 4.98 Å². The normalized spacial score (nSPS) is 10.7. The van der Waals surface area contributed by atoms with E-state index in [1.807, 2.05) is 36.4 Å². The molecule has 0 N–H and O–H groups in total. The molecule has 3 heteroatoms. The SMILES string of the molecule is C=C(Sc1nc2ccccc2s1)c1ccccc1. The average molecular weight is 269 g/mol. The molecular weight excluding hydrogens is 258 g/mol. The van der Waals surface area contributed by atoms with Crippen molar-refractivity contribution in [3.63, 3.8) is 0 Å². The minimum atomic E-state index is 1.04. The molecule has 3 aromatic rings. The lowest BCUT2D eigenvalue weighted by molar-refractivity contribution is 1.31. The van der Waals surface area contributed by atoms with Crippen LogP contribution in [0.4, 0.5) is 0 Å². The molecule has 0 spiro atoms. The zero-order chi connectivity index (χ0) is 12.4. The fourth-order valence-corrected chi connectivity index (χ4v) is 3.73. The molecule has 0 amide bonds. The Balaban J connectivity index is 1.86. The highest BCUT2D eigenvalue weighted by molar-refractivity contribution is 8.09. The summed E-state index contributed by atoms with van der Waals surface area (Å²) >= 11 is 3.35. The van der Waals surface area contributed by atoms with Crippen molar-refractivity contribution in [3.05, 3.63) is 66.7 Å². The number of hydrogen-bond acceptors (Lipinski definition) is 3. The second kappa shape index (κ2) is 4.96. The van der Waals surface area contributed by atoms with Gasteiger partial charge in [0.2, 0.25) is 0 Å². The zero-order valence-corrected chi connectivity index (χ0v) is 11.3. The molecule has 0 aliphatic rings. The van der Waals surface area contributed by atoms with E-state index in [4.69, 9.17) is 0 Å². The summed E-state index contributed by atoms with van der Waals surface area (Å²) in [6, 6.07) is 18.4. The minimum Gasteiger partial charge on any atom is -0.229 e. The van der Waals surface area contributed by atoms with Gasteiger partial charge in [-0.25, -0.2) is 4.98 Å². The maximum Gasteiger partial charge on any atom is 0.155 e. The van der Waals surface area contributed by atoms with Crippen LogP contribution in [0.25, 0.3) is 15.1 Å². The Labute approximate surface area is 114 Å². The highest BCUT2D eigenvalue weighted by Gasteiger charge is 2.06. The molecule has 18 heavy (non-hydrogen) atoms. The highest BCUT2D eigenvalue weighted by Crippen LogP contribution is 2.37. The molecule has 1 heterocycles. The van der Waals surface area contributed by atoms with Crippen LogP contribution in [0.3, 0.4) is 0 Å². The molecule has 2 aromatic carbocycles. The fourth-order valence-electron chi connectivity index (χ4n) is 1.68. The lowest BCUT2D eigenvalue weighted by atomic mass is 10.2. The number of hydrogen-bond donors (Lipinski definition) is 0. The van der Waals surface area contributed by atoms with Crippen LogP contribution in [0.5, 0.6) is 0 Å². The average Bonchev–Trinajstić information content (AvgIpc) is 2.82. The van der Waals surface area contributed by atoms with Crippen LogP contribution in [0.2, 0.25) is 0 Å². The molecule has 0 bridgehead atoms. The highest BCUT2D eigenvalue weighted by atomic mass is 32.2. The van der Waals surface area contributed by atoms with E-state index in [2.05, 4.69) is 29.8 Å². The molecule has 1 nitrogen and oxygen atoms in total. The topological polar surface area (TPSA) is 12.9 Å². The summed E-state index contributed by atoms with van der Waals surface area (Å²) < 4.78 is 2.27. The van der Waals surface area contributed by atoms with Crippen molar-refractivity contribution in [3.8, 4) is 0 Å². The Hall–Kier alpha value is -1.58. The summed E-state index contributed by atoms with van der Waals surface area (Å²) in [6.07, 6.45) is 0. The molecule has 88 valence electrons. The maximum absolute atomic E-state index is 4.60. The van der Waals surface area contributed by atoms with Crippen LogP contribution < -0.4 is 0 Å². The van der Waals surface area contributed by atoms with Crippen LogP contribution in [0.15, 0.2) is 65.5 Å². The van der Waals surface area contributed by atoms with E-state index in [0.717, 1.165) is 20.3 Å². The van der Waals surface area contributed by atoms with Gasteiger partial charge in [0, 0.05) is 4.91 Å². The number of benzene rings is 2. The first kappa shape index (κ1) is 11.5. The summed E-state index contributed by atoms with van der Waals surface area (Å²) in [7, 11) is 0. The molecule has 0 unspecified atom stereocenters. The number of rotatable bonds is 3. The van der Waals surface area contributed by atoms with E-state index < -0.39 is 0 Å². The Morgan fingerprint density at radius 1 is 1.00 bits per heavy atom. The molecule has 0 aliphatic heterocycles. The van der Waals surface area contributed by atoms with Gasteiger partial charge in [-0.1, -0.05) is 60.8 Å². The smallest absolute Gasteiger partial charge is 0.155 e. The summed E-state index contributed by atoms with van der Waals surface area (Å²) in [5.41, 5.74) is 2.22. The first-order valence-corrected chi connectivity index (χ1v) is 7.24. The molecular formula is C15H11NS2. The largest absolute Gasteiger partial charge is 0.229 e. The van der Waals surface area contributed by atoms with Crippen molar-refractivity contribution in [2.24, 2.45) is 0 Å². The van der Waals surface area contributed by atoms with Crippen molar-refractivity contribution < 1.29 is 0 Å². The fraction of sp³-hybridized carbons (Fsp3) is 0. The van der Waals surface area contributed by atoms with Crippen LogP contribution in [0.1, 0.15) is 5.56 Å². The quantitative estimate of drug-likeness (QED) is 0.616. The van der Waals surface area contributed by atoms with Crippen LogP contribution in [0, 0.1) is 0 Å². The first-order chi connectivity index (χ1) is 8.83. The molecule has 0 saturated heterocycles. The third kappa shape index (κ3) is 2.33. The van der Waals surface area contributed by atoms with E-state index in [1.165, 1.54) is 4.70 Å². The molecule has 0 atom stereocenters. The van der Waals surface area contributed by atoms with Gasteiger partial charge in [-0.2, -0.15) is 0 Å². The third-order valence-corrected chi connectivity index (χ3v) is 4.66. The summed E-state index contributed by atoms with van der Waals surface area (Å²) in [5, 5.41) is 0. The minimum absolute atomic E-state index is 1.04. The summed E-state index contributed by atoms with van der Waals surface area (Å²) in [6.45, 7) is 4.12. The Bertz CT molecular complexity index is 653. The predicted molar refractivity (Wildman–Crippen MR) is 81.0 cm³/mol. The lowest BCUT2D eigenvalue weighted by Gasteiger charge is -2.01. The van der Waals surface area contributed by atoms with Gasteiger partial charge in [-0.15, -0.1) is 11.3 Å². The molecule has 0 radical (unpaired) electrons. The molecule has 1 aromatic heterocycles. The first-order valence-electron chi connectivity index (χ1n) is 5.61. The van der Waals surface area contributed by atoms with E-state index in [0.29, 0.717) is 0 Å². The van der Waals surface area contributed by atoms with Crippen LogP contribution in [-0.4, -0.2) is 4.98 Å². The third-order valence-electron chi connectivity index (χ3n) is 2.58. The van der Waals surface area contributed by atoms with Crippen LogP contribution in [-0.2, 0) is 0 Å². The molecule has 0 fully saturated rings. The van der Waals surface area contributed by atoms with Crippen LogP contribution >= 0.6 is 23.1 Å². The van der Waals surface area contributed by atoms with Gasteiger partial charge in [0.15, 0.2) is 4.34 Å². The van der Waals surface area contributed by atoms with Gasteiger partial charge in [-0.3, -0.25) is 0 Å². The molecule has 3 rings (SSSR count). The Kier molecular flexibility index (Phi) is 3.17. The van der Waals surface area contributed by atoms with Gasteiger partial charge < -0.3 is 0 Å². The lowest BCUT2D eigenvalue weighted by Crippen LogP contribution is -1.76. The van der Waals surface area contributed by atoms with Crippen molar-refractivity contribution in [1.29, 1.82) is 0 Å². The van der Waals surface area contributed by atoms with E-state index in [9.17, 15) is 0 Å². The van der Waals surface area contributed by atoms with E-state index in [1.54, 1.807) is 23.1 Å². The van der Waals surface area contributed by atoms with Gasteiger partial charge in [0.25, 0.3) is 0 Å². The van der Waals surface area contributed by atoms with Gasteiger partial charge in [-0.05, 0) is 17.7 Å². The zero-order valence-electron chi connectivity index (χ0n) is 9.67. The summed E-state index contributed by atoms with van der Waals surface area (Å²) in [4.78, 5) is 5.64. The standard InChI is InChI=1S/C15H11NS2/c1-11(12-7-3-2-4-8-12)17-15-16-13-9-5-6-10-14(13)18-15/h2-10H,1H2. The van der Waals surface area contributed by atoms with E-state index >= 15 is 0 Å². The summed E-state index contributed by atoms with van der Waals surface area (Å²) in [5.74, 6) is 0. The number of para-hydroxylation sites is 1. The second-order valence-electron chi connectivity index (χ2n) is 3.84. The second-order valence-corrected chi connectivity index (χ2v) is 6.21.